The number of carbonyl (C=O) groups is 1. The second-order valence-corrected chi connectivity index (χ2v) is 8.47. The lowest BCUT2D eigenvalue weighted by Crippen LogP contribution is -2.59. The van der Waals surface area contributed by atoms with Gasteiger partial charge in [-0.2, -0.15) is 0 Å². The predicted octanol–water partition coefficient (Wildman–Crippen LogP) is 4.11. The number of hydrogen-bond acceptors (Lipinski definition) is 6. The van der Waals surface area contributed by atoms with Gasteiger partial charge < -0.3 is 19.7 Å². The second kappa shape index (κ2) is 9.29. The molecule has 1 saturated heterocycles. The van der Waals surface area contributed by atoms with Crippen molar-refractivity contribution in [3.8, 4) is 0 Å². The third kappa shape index (κ3) is 4.22. The van der Waals surface area contributed by atoms with Crippen molar-refractivity contribution in [3.63, 3.8) is 0 Å². The molecular weight excluding hydrogens is 354 g/mol. The number of esters is 1. The number of allylic oxidation sites excluding steroid dienone is 1. The van der Waals surface area contributed by atoms with Gasteiger partial charge in [0.1, 0.15) is 0 Å². The second-order valence-electron chi connectivity index (χ2n) is 8.47. The predicted molar refractivity (Wildman–Crippen MR) is 111 cm³/mol. The third-order valence-electron chi connectivity index (χ3n) is 6.60. The Morgan fingerprint density at radius 3 is 2.57 bits per heavy atom. The Balaban J connectivity index is 1.68. The monoisotopic (exact) mass is 391 g/mol. The van der Waals surface area contributed by atoms with E-state index in [2.05, 4.69) is 17.1 Å². The minimum absolute atomic E-state index is 0.0749. The van der Waals surface area contributed by atoms with Gasteiger partial charge in [-0.3, -0.25) is 0 Å². The number of guanidine groups is 1. The first-order chi connectivity index (χ1) is 13.5. The van der Waals surface area contributed by atoms with Gasteiger partial charge in [0.15, 0.2) is 5.72 Å². The molecule has 0 bridgehead atoms. The zero-order valence-corrected chi connectivity index (χ0v) is 18.1. The molecular formula is C22H37N3O3. The van der Waals surface area contributed by atoms with Crippen molar-refractivity contribution in [1.29, 1.82) is 0 Å². The van der Waals surface area contributed by atoms with Crippen LogP contribution in [0.4, 0.5) is 0 Å². The van der Waals surface area contributed by atoms with Gasteiger partial charge >= 0.3 is 5.97 Å². The molecule has 28 heavy (non-hydrogen) atoms. The number of hydrogen-bond donors (Lipinski definition) is 1. The van der Waals surface area contributed by atoms with Crippen molar-refractivity contribution in [2.75, 3.05) is 14.2 Å². The normalized spacial score (nSPS) is 28.7. The van der Waals surface area contributed by atoms with Crippen LogP contribution in [0.5, 0.6) is 0 Å². The number of nitrogens with zero attached hydrogens (tertiary/aromatic N) is 2. The summed E-state index contributed by atoms with van der Waals surface area (Å²) in [6.07, 6.45) is 12.9. The molecule has 158 valence electrons. The smallest absolute Gasteiger partial charge is 0.337 e. The van der Waals surface area contributed by atoms with Gasteiger partial charge in [-0.05, 0) is 32.6 Å². The average molecular weight is 392 g/mol. The summed E-state index contributed by atoms with van der Waals surface area (Å²) in [5, 5.41) is 3.37. The van der Waals surface area contributed by atoms with Crippen LogP contribution in [0, 0.1) is 0 Å². The van der Waals surface area contributed by atoms with E-state index >= 15 is 0 Å². The van der Waals surface area contributed by atoms with Crippen LogP contribution in [0.1, 0.15) is 84.5 Å². The van der Waals surface area contributed by atoms with E-state index in [1.54, 1.807) is 7.11 Å². The molecule has 1 fully saturated rings. The molecule has 3 atom stereocenters. The van der Waals surface area contributed by atoms with Crippen LogP contribution in [0.25, 0.3) is 0 Å². The summed E-state index contributed by atoms with van der Waals surface area (Å²) < 4.78 is 11.0. The summed E-state index contributed by atoms with van der Waals surface area (Å²) in [5.74, 6) is 0.634. The van der Waals surface area contributed by atoms with Gasteiger partial charge in [0, 0.05) is 25.3 Å². The fraction of sp³-hybridized carbons (Fsp3) is 0.818. The summed E-state index contributed by atoms with van der Waals surface area (Å²) in [6, 6.07) is 0.438. The number of unbranched alkanes of at least 4 members (excludes halogenated alkanes) is 6. The summed E-state index contributed by atoms with van der Waals surface area (Å²) in [6.45, 7) is 4.20. The molecule has 3 heterocycles. The highest BCUT2D eigenvalue weighted by Gasteiger charge is 2.50. The number of carbonyl (C=O) groups excluding carboxylic acids is 1. The molecule has 0 unspecified atom stereocenters. The maximum Gasteiger partial charge on any atom is 0.337 e. The van der Waals surface area contributed by atoms with Gasteiger partial charge in [-0.25, -0.2) is 9.79 Å². The number of methoxy groups -OCH3 is 2. The molecule has 3 aliphatic heterocycles. The highest BCUT2D eigenvalue weighted by molar-refractivity contribution is 5.96. The Bertz CT molecular complexity index is 631. The number of ether oxygens (including phenoxy) is 2. The molecule has 0 saturated carbocycles. The lowest BCUT2D eigenvalue weighted by Gasteiger charge is -2.46. The molecule has 0 aromatic rings. The Morgan fingerprint density at radius 2 is 1.89 bits per heavy atom. The molecule has 0 aromatic heterocycles. The highest BCUT2D eigenvalue weighted by atomic mass is 16.5. The molecule has 3 aliphatic rings. The molecule has 0 spiro atoms. The number of aliphatic imine (C=N–C) groups is 1. The Labute approximate surface area is 169 Å². The first-order valence-corrected chi connectivity index (χ1v) is 11.0. The lowest BCUT2D eigenvalue weighted by molar-refractivity contribution is -0.136. The van der Waals surface area contributed by atoms with E-state index in [-0.39, 0.29) is 12.0 Å². The van der Waals surface area contributed by atoms with E-state index in [9.17, 15) is 4.79 Å². The minimum atomic E-state index is -0.440. The molecule has 0 aromatic carbocycles. The molecule has 0 radical (unpaired) electrons. The first-order valence-electron chi connectivity index (χ1n) is 11.0. The topological polar surface area (TPSA) is 63.2 Å². The van der Waals surface area contributed by atoms with Crippen LogP contribution in [0.3, 0.4) is 0 Å². The van der Waals surface area contributed by atoms with Gasteiger partial charge in [-0.1, -0.05) is 45.4 Å². The van der Waals surface area contributed by atoms with Crippen LogP contribution in [0.15, 0.2) is 16.3 Å². The Kier molecular flexibility index (Phi) is 7.02. The van der Waals surface area contributed by atoms with Gasteiger partial charge in [0.2, 0.25) is 5.96 Å². The standard InChI is InChI=1S/C22H37N3O3/c1-5-6-7-8-9-10-11-14-22(28-4)15-17-12-13-18-19(20(26)27-3)16(2)23-21(24-22)25(17)18/h17-18H,5-15H2,1-4H3,(H,23,24)/t17-,18+,22-/m1/s1. The average Bonchev–Trinajstić information content (AvgIpc) is 3.11. The van der Waals surface area contributed by atoms with E-state index in [1.165, 1.54) is 45.6 Å². The van der Waals surface area contributed by atoms with Crippen LogP contribution in [0.2, 0.25) is 0 Å². The lowest BCUT2D eigenvalue weighted by atomic mass is 9.93. The highest BCUT2D eigenvalue weighted by Crippen LogP contribution is 2.42. The maximum atomic E-state index is 12.3. The van der Waals surface area contributed by atoms with Crippen LogP contribution < -0.4 is 5.32 Å². The molecule has 1 N–H and O–H groups in total. The summed E-state index contributed by atoms with van der Waals surface area (Å²) in [5.41, 5.74) is 1.17. The van der Waals surface area contributed by atoms with Gasteiger partial charge in [0.05, 0.1) is 18.7 Å². The summed E-state index contributed by atoms with van der Waals surface area (Å²) in [4.78, 5) is 19.6. The summed E-state index contributed by atoms with van der Waals surface area (Å²) >= 11 is 0. The SMILES string of the molecule is CCCCCCCCC[C@@]1(OC)C[C@H]2CC[C@H]3C(C(=O)OC)=C(C)NC(=N1)N23. The van der Waals surface area contributed by atoms with E-state index in [0.29, 0.717) is 6.04 Å². The number of rotatable bonds is 10. The van der Waals surface area contributed by atoms with Crippen molar-refractivity contribution in [3.05, 3.63) is 11.3 Å². The van der Waals surface area contributed by atoms with E-state index in [0.717, 1.165) is 49.3 Å². The van der Waals surface area contributed by atoms with Crippen LogP contribution in [-0.2, 0) is 14.3 Å². The van der Waals surface area contributed by atoms with Gasteiger partial charge in [0.25, 0.3) is 0 Å². The van der Waals surface area contributed by atoms with E-state index < -0.39 is 5.72 Å². The van der Waals surface area contributed by atoms with Crippen molar-refractivity contribution in [2.45, 2.75) is 102 Å². The Morgan fingerprint density at radius 1 is 1.18 bits per heavy atom. The number of nitrogens with one attached hydrogen (secondary N) is 1. The summed E-state index contributed by atoms with van der Waals surface area (Å²) in [7, 11) is 3.24. The molecule has 6 nitrogen and oxygen atoms in total. The van der Waals surface area contributed by atoms with Crippen LogP contribution in [-0.4, -0.2) is 48.9 Å². The van der Waals surface area contributed by atoms with Gasteiger partial charge in [-0.15, -0.1) is 0 Å². The van der Waals surface area contributed by atoms with Crippen molar-refractivity contribution in [1.82, 2.24) is 10.2 Å². The van der Waals surface area contributed by atoms with E-state index in [1.807, 2.05) is 6.92 Å². The fourth-order valence-electron chi connectivity index (χ4n) is 5.08. The molecule has 6 heteroatoms. The maximum absolute atomic E-state index is 12.3. The van der Waals surface area contributed by atoms with Crippen molar-refractivity contribution >= 4 is 11.9 Å². The van der Waals surface area contributed by atoms with Crippen LogP contribution >= 0.6 is 0 Å². The van der Waals surface area contributed by atoms with E-state index in [4.69, 9.17) is 14.5 Å². The quantitative estimate of drug-likeness (QED) is 0.448. The molecule has 3 rings (SSSR count). The first kappa shape index (κ1) is 21.2. The fourth-order valence-corrected chi connectivity index (χ4v) is 5.08. The molecule has 0 amide bonds. The molecule has 0 aliphatic carbocycles. The zero-order valence-electron chi connectivity index (χ0n) is 18.1. The minimum Gasteiger partial charge on any atom is -0.466 e. The largest absolute Gasteiger partial charge is 0.466 e. The Hall–Kier alpha value is -1.56. The zero-order chi connectivity index (χ0) is 20.1. The third-order valence-corrected chi connectivity index (χ3v) is 6.60. The van der Waals surface area contributed by atoms with Crippen molar-refractivity contribution < 1.29 is 14.3 Å². The van der Waals surface area contributed by atoms with Crippen molar-refractivity contribution in [2.24, 2.45) is 4.99 Å².